The monoisotopic (exact) mass is 836 g/mol. The van der Waals surface area contributed by atoms with Crippen molar-refractivity contribution < 1.29 is 52.8 Å². The average Bonchev–Trinajstić information content (AvgIpc) is 3.87. The number of methoxy groups -OCH3 is 2. The van der Waals surface area contributed by atoms with Crippen LogP contribution in [0.25, 0.3) is 0 Å². The number of likely N-dealkylation sites (N-methyl/N-ethyl adjacent to an activating group) is 1. The molecule has 4 rings (SSSR count). The first-order valence-corrected chi connectivity index (χ1v) is 20.6. The van der Waals surface area contributed by atoms with Gasteiger partial charge in [-0.25, -0.2) is 9.59 Å². The van der Waals surface area contributed by atoms with Crippen LogP contribution in [0.5, 0.6) is 5.75 Å². The minimum Gasteiger partial charge on any atom is -0.495 e. The second-order valence-corrected chi connectivity index (χ2v) is 16.5. The lowest BCUT2D eigenvalue weighted by molar-refractivity contribution is -0.162. The summed E-state index contributed by atoms with van der Waals surface area (Å²) in [6.07, 6.45) is 1.67. The molecule has 3 heterocycles. The summed E-state index contributed by atoms with van der Waals surface area (Å²) in [5, 5.41) is 17.3. The Kier molecular flexibility index (Phi) is 15.9. The van der Waals surface area contributed by atoms with Gasteiger partial charge < -0.3 is 43.9 Å². The number of carbonyl (C=O) groups excluding carboxylic acids is 5. The number of amides is 4. The molecular formula is C40H57ClN4O11S. The van der Waals surface area contributed by atoms with Gasteiger partial charge in [0.2, 0.25) is 17.7 Å². The van der Waals surface area contributed by atoms with E-state index in [2.05, 4.69) is 10.6 Å². The molecule has 0 saturated carbocycles. The van der Waals surface area contributed by atoms with E-state index in [0.717, 1.165) is 17.6 Å². The highest BCUT2D eigenvalue weighted by molar-refractivity contribution is 7.99. The molecule has 1 aromatic carbocycles. The predicted octanol–water partition coefficient (Wildman–Crippen LogP) is 4.16. The van der Waals surface area contributed by atoms with Gasteiger partial charge >= 0.3 is 12.1 Å². The topological polar surface area (TPSA) is 186 Å². The molecule has 1 aromatic rings. The van der Waals surface area contributed by atoms with Crippen LogP contribution in [0.4, 0.5) is 10.5 Å². The molecule has 0 aliphatic carbocycles. The van der Waals surface area contributed by atoms with Crippen molar-refractivity contribution in [2.24, 2.45) is 5.92 Å². The molecule has 57 heavy (non-hydrogen) atoms. The van der Waals surface area contributed by atoms with E-state index in [1.165, 1.54) is 49.8 Å². The summed E-state index contributed by atoms with van der Waals surface area (Å²) in [5.41, 5.74) is -0.999. The molecule has 316 valence electrons. The van der Waals surface area contributed by atoms with Crippen molar-refractivity contribution in [1.29, 1.82) is 0 Å². The number of ether oxygens (including phenoxy) is 5. The van der Waals surface area contributed by atoms with E-state index in [0.29, 0.717) is 30.2 Å². The predicted molar refractivity (Wildman–Crippen MR) is 216 cm³/mol. The van der Waals surface area contributed by atoms with E-state index in [1.54, 1.807) is 45.2 Å². The third kappa shape index (κ3) is 11.2. The van der Waals surface area contributed by atoms with E-state index in [4.69, 9.17) is 35.3 Å². The Morgan fingerprint density at radius 3 is 2.63 bits per heavy atom. The number of nitrogens with zero attached hydrogens (tertiary/aromatic N) is 2. The van der Waals surface area contributed by atoms with Crippen LogP contribution < -0.4 is 20.3 Å². The number of hydrogen-bond acceptors (Lipinski definition) is 12. The summed E-state index contributed by atoms with van der Waals surface area (Å²) in [7, 11) is 5.96. The Balaban J connectivity index is 1.64. The van der Waals surface area contributed by atoms with Crippen LogP contribution in [0.15, 0.2) is 35.9 Å². The first kappa shape index (κ1) is 45.9. The quantitative estimate of drug-likeness (QED) is 0.155. The van der Waals surface area contributed by atoms with E-state index in [-0.39, 0.29) is 41.9 Å². The fourth-order valence-electron chi connectivity index (χ4n) is 7.03. The van der Waals surface area contributed by atoms with E-state index in [1.807, 2.05) is 19.9 Å². The maximum atomic E-state index is 14.2. The summed E-state index contributed by atoms with van der Waals surface area (Å²) >= 11 is 8.09. The van der Waals surface area contributed by atoms with Crippen LogP contribution >= 0.6 is 23.4 Å². The lowest BCUT2D eigenvalue weighted by Crippen LogP contribution is -2.63. The van der Waals surface area contributed by atoms with Gasteiger partial charge in [0.1, 0.15) is 40.7 Å². The molecule has 4 amide bonds. The molecule has 3 N–H and O–H groups in total. The summed E-state index contributed by atoms with van der Waals surface area (Å²) in [4.78, 5) is 68.6. The highest BCUT2D eigenvalue weighted by Gasteiger charge is 2.64. The molecule has 15 nitrogen and oxygen atoms in total. The van der Waals surface area contributed by atoms with Crippen LogP contribution in [-0.2, 0) is 44.5 Å². The van der Waals surface area contributed by atoms with Crippen LogP contribution in [0.3, 0.4) is 0 Å². The van der Waals surface area contributed by atoms with Crippen molar-refractivity contribution in [2.45, 2.75) is 109 Å². The second kappa shape index (κ2) is 19.7. The normalized spacial score (nSPS) is 29.7. The molecule has 0 radical (unpaired) electrons. The van der Waals surface area contributed by atoms with Crippen LogP contribution in [-0.4, -0.2) is 128 Å². The second-order valence-electron chi connectivity index (χ2n) is 15.1. The number of halogens is 1. The number of anilines is 1. The van der Waals surface area contributed by atoms with Crippen molar-refractivity contribution >= 4 is 58.8 Å². The standard InChI is InChI=1S/C40H57ClN4O11S/c1-10-15-42-32(46)22-57-16-14-33(47)44(6)25(4)37(49)55-31-20-34(48)45(7)27-18-26(19-28(52-8)35(27)41)17-23(2)12-11-13-30(53-9)40(51)21-29(54-38(50)43-40)24(3)36-39(31,5)56-36/h11-13,18-19,24-25,29-31,36,51H,10,14-17,20-22H2,1-9H3,(H,42,46)(H,43,50)/b13-11+,23-12+/t24-,25+,29+,30-,31+,36+,39+,40+/m1/s1. The number of fused-ring (bicyclic) bond motifs is 5. The number of esters is 1. The Hall–Kier alpha value is -3.83. The zero-order chi connectivity index (χ0) is 42.2. The van der Waals surface area contributed by atoms with Gasteiger partial charge in [-0.1, -0.05) is 49.2 Å². The highest BCUT2D eigenvalue weighted by atomic mass is 35.5. The third-order valence-corrected chi connectivity index (χ3v) is 12.1. The number of allylic oxidation sites excluding steroid dienone is 3. The lowest BCUT2D eigenvalue weighted by Gasteiger charge is -2.42. The number of carbonyl (C=O) groups is 5. The van der Waals surface area contributed by atoms with Gasteiger partial charge in [-0.15, -0.1) is 0 Å². The van der Waals surface area contributed by atoms with Gasteiger partial charge in [0.25, 0.3) is 0 Å². The van der Waals surface area contributed by atoms with Crippen molar-refractivity contribution in [3.63, 3.8) is 0 Å². The maximum absolute atomic E-state index is 14.2. The Morgan fingerprint density at radius 2 is 1.96 bits per heavy atom. The zero-order valence-electron chi connectivity index (χ0n) is 34.2. The van der Waals surface area contributed by atoms with Gasteiger partial charge in [-0.05, 0) is 51.3 Å². The fourth-order valence-corrected chi connectivity index (χ4v) is 8.10. The van der Waals surface area contributed by atoms with Gasteiger partial charge in [-0.2, -0.15) is 11.8 Å². The summed E-state index contributed by atoms with van der Waals surface area (Å²) in [6, 6.07) is 2.53. The van der Waals surface area contributed by atoms with Crippen molar-refractivity contribution in [3.8, 4) is 5.75 Å². The Labute approximate surface area is 344 Å². The van der Waals surface area contributed by atoms with Crippen molar-refractivity contribution in [1.82, 2.24) is 15.5 Å². The van der Waals surface area contributed by atoms with Gasteiger partial charge in [-0.3, -0.25) is 19.7 Å². The molecule has 17 heteroatoms. The van der Waals surface area contributed by atoms with Crippen LogP contribution in [0.1, 0.15) is 65.9 Å². The first-order valence-electron chi connectivity index (χ1n) is 19.1. The van der Waals surface area contributed by atoms with Crippen LogP contribution in [0.2, 0.25) is 5.02 Å². The molecule has 8 atom stereocenters. The molecule has 2 saturated heterocycles. The Morgan fingerprint density at radius 1 is 1.25 bits per heavy atom. The molecule has 3 aliphatic heterocycles. The van der Waals surface area contributed by atoms with Crippen molar-refractivity contribution in [2.75, 3.05) is 51.3 Å². The van der Waals surface area contributed by atoms with Crippen LogP contribution in [0, 0.1) is 5.92 Å². The summed E-state index contributed by atoms with van der Waals surface area (Å²) < 4.78 is 29.2. The number of nitrogens with one attached hydrogen (secondary N) is 2. The molecule has 3 aliphatic rings. The minimum atomic E-state index is -1.84. The fraction of sp³-hybridized carbons (Fsp3) is 0.625. The molecule has 4 bridgehead atoms. The zero-order valence-corrected chi connectivity index (χ0v) is 35.8. The number of rotatable bonds is 12. The van der Waals surface area contributed by atoms with E-state index < -0.39 is 65.7 Å². The smallest absolute Gasteiger partial charge is 0.409 e. The van der Waals surface area contributed by atoms with Gasteiger partial charge in [0, 0.05) is 52.3 Å². The number of epoxide rings is 1. The number of aliphatic hydroxyl groups is 1. The highest BCUT2D eigenvalue weighted by Crippen LogP contribution is 2.49. The number of thioether (sulfide) groups is 1. The lowest BCUT2D eigenvalue weighted by atomic mass is 9.83. The first-order chi connectivity index (χ1) is 26.9. The van der Waals surface area contributed by atoms with E-state index in [9.17, 15) is 29.1 Å². The molecule has 0 aromatic heterocycles. The molecule has 2 fully saturated rings. The largest absolute Gasteiger partial charge is 0.495 e. The van der Waals surface area contributed by atoms with Crippen molar-refractivity contribution in [3.05, 3.63) is 46.5 Å². The molecule has 0 unspecified atom stereocenters. The number of benzene rings is 1. The third-order valence-electron chi connectivity index (χ3n) is 10.8. The summed E-state index contributed by atoms with van der Waals surface area (Å²) in [6.45, 7) is 9.49. The SMILES string of the molecule is CCCNC(=O)CSCCC(=O)N(C)[C@@H](C)C(=O)O[C@H]1CC(=O)N(C)c2cc(cc(OC)c2Cl)C/C(C)=C/C=C/[C@@H](OC)[C@@]2(O)C[C@H](OC(=O)N2)[C@@H](C)[C@@H]2O[C@@]12C. The molecule has 0 spiro atoms. The average molecular weight is 837 g/mol. The maximum Gasteiger partial charge on any atom is 0.409 e. The Bertz CT molecular complexity index is 1730. The number of hydrogen-bond donors (Lipinski definition) is 3. The summed E-state index contributed by atoms with van der Waals surface area (Å²) in [5.74, 6) is -1.24. The number of alkyl carbamates (subject to hydrolysis) is 1. The van der Waals surface area contributed by atoms with Gasteiger partial charge in [0.05, 0.1) is 31.1 Å². The minimum absolute atomic E-state index is 0.0662. The van der Waals surface area contributed by atoms with E-state index >= 15 is 0 Å². The molecular weight excluding hydrogens is 780 g/mol. The van der Waals surface area contributed by atoms with Gasteiger partial charge in [0.15, 0.2) is 5.72 Å².